The fourth-order valence-corrected chi connectivity index (χ4v) is 3.45. The maximum atomic E-state index is 11.6. The summed E-state index contributed by atoms with van der Waals surface area (Å²) in [6.45, 7) is 2.21. The zero-order valence-corrected chi connectivity index (χ0v) is 15.6. The van der Waals surface area contributed by atoms with Crippen molar-refractivity contribution in [2.75, 3.05) is 11.9 Å². The molecule has 1 aromatic rings. The third-order valence-electron chi connectivity index (χ3n) is 2.91. The van der Waals surface area contributed by atoms with E-state index >= 15 is 0 Å². The summed E-state index contributed by atoms with van der Waals surface area (Å²) in [5, 5.41) is 10.2. The van der Waals surface area contributed by atoms with Crippen molar-refractivity contribution in [3.05, 3.63) is 35.9 Å². The lowest BCUT2D eigenvalue weighted by atomic mass is 10.1. The highest BCUT2D eigenvalue weighted by molar-refractivity contribution is 9.09. The molecule has 3 nitrogen and oxygen atoms in total. The van der Waals surface area contributed by atoms with Gasteiger partial charge >= 0.3 is 5.97 Å². The fraction of sp³-hybridized carbons (Fsp3) is 0.438. The van der Waals surface area contributed by atoms with Crippen molar-refractivity contribution in [2.45, 2.75) is 30.9 Å². The van der Waals surface area contributed by atoms with Gasteiger partial charge in [0, 0.05) is 11.8 Å². The molecule has 118 valence electrons. The van der Waals surface area contributed by atoms with Gasteiger partial charge in [-0.1, -0.05) is 70.2 Å². The molecule has 0 fully saturated rings. The molecule has 22 heavy (non-hydrogen) atoms. The fourth-order valence-electron chi connectivity index (χ4n) is 1.62. The predicted octanol–water partition coefficient (Wildman–Crippen LogP) is 4.49. The van der Waals surface area contributed by atoms with E-state index in [1.807, 2.05) is 30.3 Å². The molecule has 6 heteroatoms. The Labute approximate surface area is 149 Å². The highest BCUT2D eigenvalue weighted by atomic mass is 79.9. The molecular formula is C16H18BrNO2S2. The lowest BCUT2D eigenvalue weighted by molar-refractivity contribution is -0.143. The number of alkyl halides is 1. The first kappa shape index (κ1) is 19.1. The summed E-state index contributed by atoms with van der Waals surface area (Å²) >= 11 is 10.00. The van der Waals surface area contributed by atoms with Gasteiger partial charge in [0.2, 0.25) is 0 Å². The number of carbonyl (C=O) groups is 1. The topological polar surface area (TPSA) is 50.1 Å². The minimum absolute atomic E-state index is 0.219. The van der Waals surface area contributed by atoms with Crippen LogP contribution in [0.4, 0.5) is 0 Å². The standard InChI is InChI=1S/C16H18BrNO2S2/c1-16(12-18,9-8-14(19)20-11-5-10-17)22-15(21)13-6-3-2-4-7-13/h2-4,6-7H,5,8-11H2,1H3. The van der Waals surface area contributed by atoms with E-state index in [-0.39, 0.29) is 12.4 Å². The van der Waals surface area contributed by atoms with Gasteiger partial charge in [-0.05, 0) is 25.3 Å². The molecule has 0 aromatic heterocycles. The summed E-state index contributed by atoms with van der Waals surface area (Å²) in [6, 6.07) is 11.8. The molecule has 0 spiro atoms. The van der Waals surface area contributed by atoms with E-state index in [9.17, 15) is 10.1 Å². The van der Waals surface area contributed by atoms with Gasteiger partial charge in [0.05, 0.1) is 16.9 Å². The van der Waals surface area contributed by atoms with E-state index in [0.717, 1.165) is 17.3 Å². The molecular weight excluding hydrogens is 382 g/mol. The Balaban J connectivity index is 2.52. The number of nitriles is 1. The SMILES string of the molecule is CC(C#N)(CCC(=O)OCCCBr)SC(=S)c1ccccc1. The lowest BCUT2D eigenvalue weighted by Crippen LogP contribution is -2.22. The van der Waals surface area contributed by atoms with Crippen LogP contribution < -0.4 is 0 Å². The van der Waals surface area contributed by atoms with Crippen molar-refractivity contribution in [3.8, 4) is 6.07 Å². The summed E-state index contributed by atoms with van der Waals surface area (Å²) in [5.41, 5.74) is 0.920. The first-order valence-corrected chi connectivity index (χ1v) is 9.26. The van der Waals surface area contributed by atoms with Gasteiger partial charge in [-0.25, -0.2) is 0 Å². The number of carbonyl (C=O) groups excluding carboxylic acids is 1. The molecule has 0 heterocycles. The third kappa shape index (κ3) is 6.91. The number of nitrogens with zero attached hydrogens (tertiary/aromatic N) is 1. The van der Waals surface area contributed by atoms with Gasteiger partial charge in [0.25, 0.3) is 0 Å². The Kier molecular flexibility index (Phi) is 8.69. The Hall–Kier alpha value is -0.900. The quantitative estimate of drug-likeness (QED) is 0.279. The van der Waals surface area contributed by atoms with E-state index in [1.54, 1.807) is 6.92 Å². The van der Waals surface area contributed by atoms with Crippen LogP contribution in [0.15, 0.2) is 30.3 Å². The average Bonchev–Trinajstić information content (AvgIpc) is 2.54. The highest BCUT2D eigenvalue weighted by Crippen LogP contribution is 2.33. The van der Waals surface area contributed by atoms with E-state index in [2.05, 4.69) is 22.0 Å². The average molecular weight is 400 g/mol. The van der Waals surface area contributed by atoms with E-state index < -0.39 is 4.75 Å². The number of hydrogen-bond acceptors (Lipinski definition) is 5. The van der Waals surface area contributed by atoms with Crippen LogP contribution in [0.2, 0.25) is 0 Å². The molecule has 1 atom stereocenters. The van der Waals surface area contributed by atoms with Gasteiger partial charge in [0.1, 0.15) is 4.75 Å². The molecule has 0 bridgehead atoms. The number of thiocarbonyl (C=S) groups is 1. The number of hydrogen-bond donors (Lipinski definition) is 0. The molecule has 0 radical (unpaired) electrons. The van der Waals surface area contributed by atoms with Crippen molar-refractivity contribution < 1.29 is 9.53 Å². The van der Waals surface area contributed by atoms with Gasteiger partial charge in [-0.3, -0.25) is 4.79 Å². The summed E-state index contributed by atoms with van der Waals surface area (Å²) in [5.74, 6) is -0.270. The number of benzene rings is 1. The molecule has 0 aliphatic rings. The Morgan fingerprint density at radius 3 is 2.73 bits per heavy atom. The van der Waals surface area contributed by atoms with Gasteiger partial charge in [0.15, 0.2) is 0 Å². The minimum Gasteiger partial charge on any atom is -0.466 e. The predicted molar refractivity (Wildman–Crippen MR) is 98.4 cm³/mol. The summed E-state index contributed by atoms with van der Waals surface area (Å²) in [6.07, 6.45) is 1.42. The largest absolute Gasteiger partial charge is 0.466 e. The second-order valence-corrected chi connectivity index (χ2v) is 7.83. The molecule has 0 saturated heterocycles. The van der Waals surface area contributed by atoms with Crippen molar-refractivity contribution in [2.24, 2.45) is 0 Å². The molecule has 0 aliphatic heterocycles. The van der Waals surface area contributed by atoms with Gasteiger partial charge in [-0.2, -0.15) is 5.26 Å². The first-order chi connectivity index (χ1) is 10.5. The van der Waals surface area contributed by atoms with Gasteiger partial charge < -0.3 is 4.74 Å². The van der Waals surface area contributed by atoms with Crippen molar-refractivity contribution in [1.82, 2.24) is 0 Å². The maximum absolute atomic E-state index is 11.6. The molecule has 0 N–H and O–H groups in total. The van der Waals surface area contributed by atoms with Crippen LogP contribution in [-0.2, 0) is 9.53 Å². The highest BCUT2D eigenvalue weighted by Gasteiger charge is 2.28. The normalized spacial score (nSPS) is 13.0. The van der Waals surface area contributed by atoms with Crippen molar-refractivity contribution in [1.29, 1.82) is 5.26 Å². The van der Waals surface area contributed by atoms with Crippen LogP contribution in [0, 0.1) is 11.3 Å². The lowest BCUT2D eigenvalue weighted by Gasteiger charge is -2.20. The van der Waals surface area contributed by atoms with Gasteiger partial charge in [-0.15, -0.1) is 0 Å². The van der Waals surface area contributed by atoms with Crippen molar-refractivity contribution >= 4 is 50.1 Å². The van der Waals surface area contributed by atoms with Crippen LogP contribution in [0.1, 0.15) is 31.7 Å². The minimum atomic E-state index is -0.735. The van der Waals surface area contributed by atoms with Crippen LogP contribution in [-0.4, -0.2) is 26.8 Å². The van der Waals surface area contributed by atoms with Crippen LogP contribution >= 0.6 is 39.9 Å². The monoisotopic (exact) mass is 399 g/mol. The van der Waals surface area contributed by atoms with E-state index in [1.165, 1.54) is 11.8 Å². The van der Waals surface area contributed by atoms with E-state index in [0.29, 0.717) is 17.2 Å². The Morgan fingerprint density at radius 1 is 1.45 bits per heavy atom. The second-order valence-electron chi connectivity index (χ2n) is 4.86. The number of thioether (sulfide) groups is 1. The summed E-state index contributed by atoms with van der Waals surface area (Å²) in [7, 11) is 0. The number of esters is 1. The number of ether oxygens (including phenoxy) is 1. The smallest absolute Gasteiger partial charge is 0.305 e. The molecule has 0 saturated carbocycles. The summed E-state index contributed by atoms with van der Waals surface area (Å²) < 4.78 is 5.02. The van der Waals surface area contributed by atoms with Crippen LogP contribution in [0.5, 0.6) is 0 Å². The number of halogens is 1. The Morgan fingerprint density at radius 2 is 2.14 bits per heavy atom. The zero-order chi connectivity index (χ0) is 16.4. The molecule has 1 aromatic carbocycles. The molecule has 1 unspecified atom stereocenters. The van der Waals surface area contributed by atoms with E-state index in [4.69, 9.17) is 17.0 Å². The van der Waals surface area contributed by atoms with Crippen molar-refractivity contribution in [3.63, 3.8) is 0 Å². The molecule has 0 aliphatic carbocycles. The Bertz CT molecular complexity index is 545. The van der Waals surface area contributed by atoms with Crippen LogP contribution in [0.25, 0.3) is 0 Å². The molecule has 0 amide bonds. The molecule has 1 rings (SSSR count). The maximum Gasteiger partial charge on any atom is 0.305 e. The summed E-state index contributed by atoms with van der Waals surface area (Å²) in [4.78, 5) is 11.6. The first-order valence-electron chi connectivity index (χ1n) is 6.92. The zero-order valence-electron chi connectivity index (χ0n) is 12.4. The number of rotatable bonds is 8. The third-order valence-corrected chi connectivity index (χ3v) is 5.12. The van der Waals surface area contributed by atoms with Crippen LogP contribution in [0.3, 0.4) is 0 Å². The second kappa shape index (κ2) is 9.98.